The van der Waals surface area contributed by atoms with Crippen LogP contribution in [-0.2, 0) is 9.53 Å². The summed E-state index contributed by atoms with van der Waals surface area (Å²) < 4.78 is 5.34. The highest BCUT2D eigenvalue weighted by Gasteiger charge is 2.28. The van der Waals surface area contributed by atoms with Crippen molar-refractivity contribution in [3.05, 3.63) is 35.9 Å². The lowest BCUT2D eigenvalue weighted by atomic mass is 10.0. The van der Waals surface area contributed by atoms with Gasteiger partial charge in [0.25, 0.3) is 0 Å². The summed E-state index contributed by atoms with van der Waals surface area (Å²) in [6.45, 7) is 2.28. The monoisotopic (exact) mass is 385 g/mol. The number of aliphatic imine (C=N–C) groups is 1. The van der Waals surface area contributed by atoms with Crippen LogP contribution >= 0.6 is 0 Å². The molecule has 3 heteroatoms. The summed E-state index contributed by atoms with van der Waals surface area (Å²) in [6.07, 6.45) is 19.7. The van der Waals surface area contributed by atoms with Crippen LogP contribution in [0.1, 0.15) is 109 Å². The van der Waals surface area contributed by atoms with E-state index in [1.165, 1.54) is 83.5 Å². The molecule has 1 aliphatic rings. The average molecular weight is 386 g/mol. The zero-order chi connectivity index (χ0) is 19.9. The minimum absolute atomic E-state index is 0.187. The van der Waals surface area contributed by atoms with E-state index in [-0.39, 0.29) is 12.0 Å². The molecule has 1 aromatic carbocycles. The van der Waals surface area contributed by atoms with Crippen LogP contribution in [0.2, 0.25) is 0 Å². The largest absolute Gasteiger partial charge is 0.406 e. The summed E-state index contributed by atoms with van der Waals surface area (Å²) in [4.78, 5) is 16.5. The Bertz CT molecular complexity index is 567. The third-order valence-corrected chi connectivity index (χ3v) is 5.59. The Morgan fingerprint density at radius 2 is 1.25 bits per heavy atom. The molecule has 2 rings (SSSR count). The van der Waals surface area contributed by atoms with E-state index in [1.807, 2.05) is 30.3 Å². The van der Waals surface area contributed by atoms with Crippen LogP contribution in [-0.4, -0.2) is 17.9 Å². The third kappa shape index (κ3) is 9.03. The van der Waals surface area contributed by atoms with Gasteiger partial charge in [0.2, 0.25) is 5.90 Å². The molecule has 0 amide bonds. The number of carbonyl (C=O) groups excluding carboxylic acids is 1. The molecular weight excluding hydrogens is 346 g/mol. The van der Waals surface area contributed by atoms with Gasteiger partial charge in [0.1, 0.15) is 0 Å². The fourth-order valence-corrected chi connectivity index (χ4v) is 3.81. The predicted octanol–water partition coefficient (Wildman–Crippen LogP) is 7.23. The summed E-state index contributed by atoms with van der Waals surface area (Å²) in [5, 5.41) is 0. The lowest BCUT2D eigenvalue weighted by Gasteiger charge is -2.04. The first-order valence-electron chi connectivity index (χ1n) is 11.7. The molecule has 28 heavy (non-hydrogen) atoms. The second-order valence-electron chi connectivity index (χ2n) is 8.12. The SMILES string of the molecule is CCCCCCCCCCCCCCCCC1N=C(c2ccccc2)OC1=O. The molecule has 1 aromatic rings. The quantitative estimate of drug-likeness (QED) is 0.222. The standard InChI is InChI=1S/C25H39NO2/c1-2-3-4-5-6-7-8-9-10-11-12-13-14-18-21-23-25(27)28-24(26-23)22-19-16-15-17-20-22/h15-17,19-20,23H,2-14,18,21H2,1H3. The lowest BCUT2D eigenvalue weighted by Crippen LogP contribution is -2.14. The van der Waals surface area contributed by atoms with Crippen LogP contribution in [0, 0.1) is 0 Å². The number of ether oxygens (including phenoxy) is 1. The highest BCUT2D eigenvalue weighted by Crippen LogP contribution is 2.19. The first-order valence-corrected chi connectivity index (χ1v) is 11.7. The van der Waals surface area contributed by atoms with Crippen molar-refractivity contribution in [2.45, 2.75) is 109 Å². The maximum absolute atomic E-state index is 12.0. The van der Waals surface area contributed by atoms with E-state index in [2.05, 4.69) is 11.9 Å². The summed E-state index contributed by atoms with van der Waals surface area (Å²) >= 11 is 0. The molecule has 0 aromatic heterocycles. The Morgan fingerprint density at radius 3 is 1.79 bits per heavy atom. The van der Waals surface area contributed by atoms with Gasteiger partial charge < -0.3 is 4.74 Å². The number of hydrogen-bond acceptors (Lipinski definition) is 3. The molecule has 0 aliphatic carbocycles. The van der Waals surface area contributed by atoms with Gasteiger partial charge in [-0.1, -0.05) is 115 Å². The molecule has 1 heterocycles. The number of carbonyl (C=O) groups is 1. The molecule has 1 aliphatic heterocycles. The number of nitrogens with zero attached hydrogens (tertiary/aromatic N) is 1. The minimum atomic E-state index is -0.299. The smallest absolute Gasteiger partial charge is 0.337 e. The summed E-state index contributed by atoms with van der Waals surface area (Å²) in [5.74, 6) is 0.300. The van der Waals surface area contributed by atoms with Gasteiger partial charge >= 0.3 is 5.97 Å². The van der Waals surface area contributed by atoms with Crippen LogP contribution in [0.3, 0.4) is 0 Å². The van der Waals surface area contributed by atoms with Crippen molar-refractivity contribution in [3.63, 3.8) is 0 Å². The number of benzene rings is 1. The first-order chi connectivity index (χ1) is 13.8. The fraction of sp³-hybridized carbons (Fsp3) is 0.680. The Morgan fingerprint density at radius 1 is 0.750 bits per heavy atom. The Balaban J connectivity index is 1.42. The number of rotatable bonds is 16. The number of hydrogen-bond donors (Lipinski definition) is 0. The number of cyclic esters (lactones) is 1. The topological polar surface area (TPSA) is 38.7 Å². The second-order valence-corrected chi connectivity index (χ2v) is 8.12. The van der Waals surface area contributed by atoms with Crippen molar-refractivity contribution in [1.29, 1.82) is 0 Å². The van der Waals surface area contributed by atoms with Crippen molar-refractivity contribution in [1.82, 2.24) is 0 Å². The van der Waals surface area contributed by atoms with Gasteiger partial charge in [-0.05, 0) is 18.6 Å². The lowest BCUT2D eigenvalue weighted by molar-refractivity contribution is -0.135. The van der Waals surface area contributed by atoms with Gasteiger partial charge in [-0.15, -0.1) is 0 Å². The second kappa shape index (κ2) is 14.4. The zero-order valence-corrected chi connectivity index (χ0v) is 17.8. The summed E-state index contributed by atoms with van der Waals surface area (Å²) in [6, 6.07) is 9.39. The molecule has 0 bridgehead atoms. The van der Waals surface area contributed by atoms with Crippen LogP contribution in [0.15, 0.2) is 35.3 Å². The van der Waals surface area contributed by atoms with E-state index in [4.69, 9.17) is 4.74 Å². The van der Waals surface area contributed by atoms with Crippen molar-refractivity contribution < 1.29 is 9.53 Å². The van der Waals surface area contributed by atoms with Gasteiger partial charge in [-0.25, -0.2) is 9.79 Å². The Labute approximate surface area is 172 Å². The molecule has 156 valence electrons. The molecule has 1 unspecified atom stereocenters. The molecule has 0 saturated heterocycles. The highest BCUT2D eigenvalue weighted by molar-refractivity contribution is 6.06. The van der Waals surface area contributed by atoms with E-state index in [9.17, 15) is 4.79 Å². The molecule has 3 nitrogen and oxygen atoms in total. The van der Waals surface area contributed by atoms with Gasteiger partial charge in [-0.2, -0.15) is 0 Å². The maximum atomic E-state index is 12.0. The molecule has 1 atom stereocenters. The fourth-order valence-electron chi connectivity index (χ4n) is 3.81. The summed E-state index contributed by atoms with van der Waals surface area (Å²) in [7, 11) is 0. The number of esters is 1. The van der Waals surface area contributed by atoms with E-state index in [1.54, 1.807) is 0 Å². The van der Waals surface area contributed by atoms with Gasteiger partial charge in [0.05, 0.1) is 0 Å². The van der Waals surface area contributed by atoms with Crippen LogP contribution < -0.4 is 0 Å². The van der Waals surface area contributed by atoms with Crippen molar-refractivity contribution >= 4 is 11.9 Å². The van der Waals surface area contributed by atoms with Crippen molar-refractivity contribution in [2.75, 3.05) is 0 Å². The van der Waals surface area contributed by atoms with Crippen LogP contribution in [0.25, 0.3) is 0 Å². The van der Waals surface area contributed by atoms with Crippen molar-refractivity contribution in [3.8, 4) is 0 Å². The van der Waals surface area contributed by atoms with E-state index < -0.39 is 0 Å². The van der Waals surface area contributed by atoms with Gasteiger partial charge in [0.15, 0.2) is 6.04 Å². The molecule has 0 spiro atoms. The minimum Gasteiger partial charge on any atom is -0.406 e. The molecule has 0 fully saturated rings. The molecule has 0 saturated carbocycles. The van der Waals surface area contributed by atoms with E-state index in [0.29, 0.717) is 5.90 Å². The Kier molecular flexibility index (Phi) is 11.6. The van der Waals surface area contributed by atoms with Crippen LogP contribution in [0.5, 0.6) is 0 Å². The molecule has 0 radical (unpaired) electrons. The number of unbranched alkanes of at least 4 members (excludes halogenated alkanes) is 13. The average Bonchev–Trinajstić information content (AvgIpc) is 3.09. The van der Waals surface area contributed by atoms with E-state index >= 15 is 0 Å². The van der Waals surface area contributed by atoms with Crippen molar-refractivity contribution in [2.24, 2.45) is 4.99 Å². The summed E-state index contributed by atoms with van der Waals surface area (Å²) in [5.41, 5.74) is 0.888. The molecule has 0 N–H and O–H groups in total. The van der Waals surface area contributed by atoms with E-state index in [0.717, 1.165) is 18.4 Å². The normalized spacial score (nSPS) is 16.2. The first kappa shape index (κ1) is 22.6. The highest BCUT2D eigenvalue weighted by atomic mass is 16.6. The maximum Gasteiger partial charge on any atom is 0.337 e. The van der Waals surface area contributed by atoms with Gasteiger partial charge in [-0.3, -0.25) is 0 Å². The van der Waals surface area contributed by atoms with Gasteiger partial charge in [0, 0.05) is 5.56 Å². The zero-order valence-electron chi connectivity index (χ0n) is 17.8. The molecular formula is C25H39NO2. The predicted molar refractivity (Wildman–Crippen MR) is 118 cm³/mol. The van der Waals surface area contributed by atoms with Crippen LogP contribution in [0.4, 0.5) is 0 Å². The third-order valence-electron chi connectivity index (χ3n) is 5.59. The Hall–Kier alpha value is -1.64.